The van der Waals surface area contributed by atoms with E-state index in [2.05, 4.69) is 15.2 Å². The van der Waals surface area contributed by atoms with Crippen LogP contribution in [-0.2, 0) is 0 Å². The number of carbonyl (C=O) groups is 1. The number of aromatic amines is 2. The second-order valence-corrected chi connectivity index (χ2v) is 6.80. The maximum absolute atomic E-state index is 14.2. The number of hydrogen-bond acceptors (Lipinski definition) is 3. The molecule has 1 aliphatic rings. The van der Waals surface area contributed by atoms with Gasteiger partial charge < -0.3 is 9.88 Å². The third-order valence-corrected chi connectivity index (χ3v) is 5.02. The van der Waals surface area contributed by atoms with Crippen LogP contribution in [0.1, 0.15) is 40.4 Å². The predicted octanol–water partition coefficient (Wildman–Crippen LogP) is 2.72. The molecule has 1 saturated heterocycles. The molecule has 0 bridgehead atoms. The number of aromatic nitrogens is 3. The van der Waals surface area contributed by atoms with E-state index in [9.17, 15) is 14.0 Å². The number of amides is 1. The van der Waals surface area contributed by atoms with E-state index in [-0.39, 0.29) is 17.0 Å². The van der Waals surface area contributed by atoms with Crippen molar-refractivity contribution in [1.82, 2.24) is 20.1 Å². The number of nitrogens with one attached hydrogen (secondary N) is 2. The summed E-state index contributed by atoms with van der Waals surface area (Å²) in [5, 5.41) is 7.41. The Bertz CT molecular complexity index is 1020. The lowest BCUT2D eigenvalue weighted by Gasteiger charge is -2.31. The quantitative estimate of drug-likeness (QED) is 0.742. The normalized spacial score (nSPS) is 15.5. The molecular weight excluding hydrogens is 335 g/mol. The Morgan fingerprint density at radius 2 is 2.04 bits per heavy atom. The van der Waals surface area contributed by atoms with Crippen molar-refractivity contribution in [3.8, 4) is 0 Å². The number of halogens is 1. The molecule has 26 heavy (non-hydrogen) atoms. The van der Waals surface area contributed by atoms with E-state index in [0.717, 1.165) is 18.5 Å². The highest BCUT2D eigenvalue weighted by atomic mass is 19.1. The summed E-state index contributed by atoms with van der Waals surface area (Å²) < 4.78 is 14.2. The molecule has 2 N–H and O–H groups in total. The van der Waals surface area contributed by atoms with Crippen molar-refractivity contribution < 1.29 is 9.18 Å². The number of nitrogens with zero attached hydrogens (tertiary/aromatic N) is 2. The molecule has 0 radical (unpaired) electrons. The van der Waals surface area contributed by atoms with E-state index in [1.54, 1.807) is 24.1 Å². The smallest absolute Gasteiger partial charge is 0.254 e. The highest BCUT2D eigenvalue weighted by Crippen LogP contribution is 2.28. The number of benzene rings is 1. The molecule has 1 amide bonds. The van der Waals surface area contributed by atoms with Crippen LogP contribution in [0.5, 0.6) is 0 Å². The summed E-state index contributed by atoms with van der Waals surface area (Å²) in [4.78, 5) is 29.2. The minimum absolute atomic E-state index is 0.0822. The third kappa shape index (κ3) is 2.89. The molecule has 4 rings (SSSR count). The minimum atomic E-state index is -0.523. The van der Waals surface area contributed by atoms with E-state index < -0.39 is 11.4 Å². The van der Waals surface area contributed by atoms with Crippen LogP contribution in [0.2, 0.25) is 0 Å². The average Bonchev–Trinajstić information content (AvgIpc) is 3.16. The van der Waals surface area contributed by atoms with Crippen molar-refractivity contribution in [2.45, 2.75) is 25.7 Å². The molecule has 134 valence electrons. The van der Waals surface area contributed by atoms with Crippen molar-refractivity contribution in [2.24, 2.45) is 0 Å². The molecule has 1 aliphatic heterocycles. The number of hydrogen-bond donors (Lipinski definition) is 2. The molecule has 0 saturated carbocycles. The highest BCUT2D eigenvalue weighted by molar-refractivity contribution is 6.06. The molecule has 1 aromatic carbocycles. The molecule has 2 aromatic heterocycles. The molecule has 3 heterocycles. The van der Waals surface area contributed by atoms with Gasteiger partial charge in [0.1, 0.15) is 5.82 Å². The molecule has 7 heteroatoms. The number of piperidine rings is 1. The van der Waals surface area contributed by atoms with Gasteiger partial charge in [0.2, 0.25) is 5.56 Å². The maximum Gasteiger partial charge on any atom is 0.254 e. The van der Waals surface area contributed by atoms with Crippen LogP contribution >= 0.6 is 0 Å². The van der Waals surface area contributed by atoms with Crippen molar-refractivity contribution in [1.29, 1.82) is 0 Å². The number of rotatable bonds is 2. The lowest BCUT2D eigenvalue weighted by molar-refractivity contribution is 0.0714. The first-order valence-electron chi connectivity index (χ1n) is 8.64. The second-order valence-electron chi connectivity index (χ2n) is 6.80. The molecular formula is C19H19FN4O2. The zero-order valence-electron chi connectivity index (χ0n) is 14.4. The van der Waals surface area contributed by atoms with Crippen LogP contribution in [0.3, 0.4) is 0 Å². The van der Waals surface area contributed by atoms with E-state index in [4.69, 9.17) is 0 Å². The van der Waals surface area contributed by atoms with Crippen LogP contribution in [0, 0.1) is 12.7 Å². The van der Waals surface area contributed by atoms with E-state index in [1.165, 1.54) is 12.1 Å². The topological polar surface area (TPSA) is 81.8 Å². The van der Waals surface area contributed by atoms with Crippen molar-refractivity contribution in [3.05, 3.63) is 63.5 Å². The van der Waals surface area contributed by atoms with Gasteiger partial charge in [-0.15, -0.1) is 0 Å². The Morgan fingerprint density at radius 1 is 1.27 bits per heavy atom. The van der Waals surface area contributed by atoms with Crippen LogP contribution in [-0.4, -0.2) is 39.1 Å². The van der Waals surface area contributed by atoms with Crippen LogP contribution in [0.25, 0.3) is 10.9 Å². The summed E-state index contributed by atoms with van der Waals surface area (Å²) in [5.41, 5.74) is 1.64. The summed E-state index contributed by atoms with van der Waals surface area (Å²) in [6, 6.07) is 6.31. The van der Waals surface area contributed by atoms with Gasteiger partial charge in [-0.25, -0.2) is 4.39 Å². The summed E-state index contributed by atoms with van der Waals surface area (Å²) in [7, 11) is 0. The zero-order valence-corrected chi connectivity index (χ0v) is 14.4. The fraction of sp³-hybridized carbons (Fsp3) is 0.316. The summed E-state index contributed by atoms with van der Waals surface area (Å²) in [6.07, 6.45) is 3.37. The molecule has 0 atom stereocenters. The number of pyridine rings is 1. The summed E-state index contributed by atoms with van der Waals surface area (Å²) >= 11 is 0. The monoisotopic (exact) mass is 354 g/mol. The van der Waals surface area contributed by atoms with Crippen LogP contribution in [0.4, 0.5) is 4.39 Å². The molecule has 1 fully saturated rings. The van der Waals surface area contributed by atoms with E-state index in [0.29, 0.717) is 30.0 Å². The fourth-order valence-corrected chi connectivity index (χ4v) is 3.68. The predicted molar refractivity (Wildman–Crippen MR) is 95.7 cm³/mol. The van der Waals surface area contributed by atoms with E-state index in [1.807, 2.05) is 6.07 Å². The van der Waals surface area contributed by atoms with Crippen molar-refractivity contribution in [2.75, 3.05) is 13.1 Å². The van der Waals surface area contributed by atoms with Gasteiger partial charge in [-0.2, -0.15) is 5.10 Å². The summed E-state index contributed by atoms with van der Waals surface area (Å²) in [6.45, 7) is 2.94. The van der Waals surface area contributed by atoms with Crippen LogP contribution < -0.4 is 5.56 Å². The van der Waals surface area contributed by atoms with Gasteiger partial charge in [-0.05, 0) is 43.5 Å². The lowest BCUT2D eigenvalue weighted by Crippen LogP contribution is -2.38. The van der Waals surface area contributed by atoms with Crippen molar-refractivity contribution in [3.63, 3.8) is 0 Å². The van der Waals surface area contributed by atoms with Crippen molar-refractivity contribution >= 4 is 16.8 Å². The third-order valence-electron chi connectivity index (χ3n) is 5.02. The first kappa shape index (κ1) is 16.5. The number of carbonyl (C=O) groups excluding carboxylic acids is 1. The Kier molecular flexibility index (Phi) is 4.06. The Hall–Kier alpha value is -2.96. The number of fused-ring (bicyclic) bond motifs is 1. The fourth-order valence-electron chi connectivity index (χ4n) is 3.68. The molecule has 0 aliphatic carbocycles. The number of H-pyrrole nitrogens is 2. The lowest BCUT2D eigenvalue weighted by atomic mass is 9.93. The minimum Gasteiger partial charge on any atom is -0.339 e. The average molecular weight is 354 g/mol. The Morgan fingerprint density at radius 3 is 2.73 bits per heavy atom. The Balaban J connectivity index is 1.64. The molecule has 6 nitrogen and oxygen atoms in total. The SMILES string of the molecule is Cc1cc(F)c2[nH]c(=O)cc(C(=O)N3CCC(c4ccn[nH]4)CC3)c2c1. The highest BCUT2D eigenvalue weighted by Gasteiger charge is 2.26. The second kappa shape index (κ2) is 6.40. The van der Waals surface area contributed by atoms with Gasteiger partial charge in [-0.1, -0.05) is 0 Å². The number of likely N-dealkylation sites (tertiary alicyclic amines) is 1. The van der Waals surface area contributed by atoms with Gasteiger partial charge in [0, 0.05) is 42.4 Å². The molecule has 0 unspecified atom stereocenters. The Labute approximate surface area is 149 Å². The molecule has 0 spiro atoms. The van der Waals surface area contributed by atoms with Gasteiger partial charge in [0.05, 0.1) is 11.1 Å². The van der Waals surface area contributed by atoms with Gasteiger partial charge in [-0.3, -0.25) is 14.7 Å². The molecule has 3 aromatic rings. The van der Waals surface area contributed by atoms with Gasteiger partial charge in [0.15, 0.2) is 0 Å². The largest absolute Gasteiger partial charge is 0.339 e. The maximum atomic E-state index is 14.2. The first-order valence-corrected chi connectivity index (χ1v) is 8.64. The number of aryl methyl sites for hydroxylation is 1. The van der Waals surface area contributed by atoms with Gasteiger partial charge >= 0.3 is 0 Å². The standard InChI is InChI=1S/C19H19FN4O2/c1-11-8-13-14(10-17(25)22-18(13)15(20)9-11)19(26)24-6-3-12(4-7-24)16-2-5-21-23-16/h2,5,8-10,12H,3-4,6-7H2,1H3,(H,21,23)(H,22,25). The zero-order chi connectivity index (χ0) is 18.3. The van der Waals surface area contributed by atoms with Crippen LogP contribution in [0.15, 0.2) is 35.3 Å². The summed E-state index contributed by atoms with van der Waals surface area (Å²) in [5.74, 6) is -0.406. The first-order chi connectivity index (χ1) is 12.5. The van der Waals surface area contributed by atoms with E-state index >= 15 is 0 Å². The van der Waals surface area contributed by atoms with Gasteiger partial charge in [0.25, 0.3) is 5.91 Å².